The van der Waals surface area contributed by atoms with Crippen LogP contribution in [0.15, 0.2) is 0 Å². The number of imidazole rings is 1. The van der Waals surface area contributed by atoms with Gasteiger partial charge in [-0.25, -0.2) is 4.98 Å². The van der Waals surface area contributed by atoms with Crippen LogP contribution in [0.3, 0.4) is 0 Å². The highest BCUT2D eigenvalue weighted by molar-refractivity contribution is 6.32. The zero-order chi connectivity index (χ0) is 12.0. The van der Waals surface area contributed by atoms with Crippen LogP contribution in [-0.2, 0) is 18.3 Å². The maximum absolute atomic E-state index is 5.94. The number of nitrogens with zero attached hydrogens (tertiary/aromatic N) is 2. The second-order valence-electron chi connectivity index (χ2n) is 3.55. The Labute approximate surface area is 106 Å². The molecule has 0 aromatic carbocycles. The number of nitrogens with one attached hydrogen (secondary N) is 1. The van der Waals surface area contributed by atoms with Crippen LogP contribution in [0.4, 0.5) is 0 Å². The van der Waals surface area contributed by atoms with E-state index in [1.165, 1.54) is 0 Å². The smallest absolute Gasteiger partial charge is 0.204 e. The topological polar surface area (TPSA) is 39.1 Å². The molecule has 0 amide bonds. The summed E-state index contributed by atoms with van der Waals surface area (Å²) in [6, 6.07) is 0. The average Bonchev–Trinajstić information content (AvgIpc) is 2.49. The molecule has 1 rings (SSSR count). The van der Waals surface area contributed by atoms with Gasteiger partial charge in [-0.15, -0.1) is 0 Å². The fraction of sp³-hybridized carbons (Fsp3) is 0.700. The minimum absolute atomic E-state index is 0.418. The van der Waals surface area contributed by atoms with Crippen molar-refractivity contribution in [1.82, 2.24) is 14.9 Å². The van der Waals surface area contributed by atoms with E-state index >= 15 is 0 Å². The summed E-state index contributed by atoms with van der Waals surface area (Å²) in [7, 11) is 3.56. The van der Waals surface area contributed by atoms with Crippen molar-refractivity contribution in [1.29, 1.82) is 0 Å². The average molecular weight is 266 g/mol. The van der Waals surface area contributed by atoms with E-state index in [1.807, 2.05) is 7.05 Å². The molecule has 0 aliphatic rings. The number of rotatable bonds is 7. The van der Waals surface area contributed by atoms with Gasteiger partial charge in [0.25, 0.3) is 0 Å². The summed E-state index contributed by atoms with van der Waals surface area (Å²) in [5.74, 6) is 0. The molecular formula is C10H17Cl2N3O. The predicted molar refractivity (Wildman–Crippen MR) is 66.0 cm³/mol. The molecule has 92 valence electrons. The minimum atomic E-state index is 0.418. The molecule has 0 unspecified atom stereocenters. The Morgan fingerprint density at radius 3 is 2.69 bits per heavy atom. The highest BCUT2D eigenvalue weighted by Crippen LogP contribution is 2.18. The number of hydrogen-bond acceptors (Lipinski definition) is 3. The Balaban J connectivity index is 2.26. The third kappa shape index (κ3) is 3.94. The molecule has 1 aromatic rings. The molecule has 0 bridgehead atoms. The van der Waals surface area contributed by atoms with Crippen molar-refractivity contribution < 1.29 is 4.74 Å². The maximum atomic E-state index is 5.94. The van der Waals surface area contributed by atoms with E-state index in [9.17, 15) is 0 Å². The van der Waals surface area contributed by atoms with Gasteiger partial charge in [-0.05, 0) is 31.0 Å². The fourth-order valence-corrected chi connectivity index (χ4v) is 1.87. The zero-order valence-electron chi connectivity index (χ0n) is 9.59. The Kier molecular flexibility index (Phi) is 6.13. The van der Waals surface area contributed by atoms with E-state index in [4.69, 9.17) is 27.9 Å². The normalized spacial score (nSPS) is 11.0. The summed E-state index contributed by atoms with van der Waals surface area (Å²) >= 11 is 11.8. The summed E-state index contributed by atoms with van der Waals surface area (Å²) in [6.45, 7) is 2.42. The third-order valence-electron chi connectivity index (χ3n) is 2.35. The number of aromatic nitrogens is 2. The summed E-state index contributed by atoms with van der Waals surface area (Å²) in [5.41, 5.74) is 0.915. The molecule has 0 aliphatic heterocycles. The lowest BCUT2D eigenvalue weighted by molar-refractivity contribution is 0.192. The van der Waals surface area contributed by atoms with Gasteiger partial charge in [0, 0.05) is 27.3 Å². The first-order valence-electron chi connectivity index (χ1n) is 5.23. The van der Waals surface area contributed by atoms with Crippen LogP contribution in [0.1, 0.15) is 18.5 Å². The molecular weight excluding hydrogens is 249 g/mol. The zero-order valence-corrected chi connectivity index (χ0v) is 11.1. The van der Waals surface area contributed by atoms with Gasteiger partial charge in [-0.2, -0.15) is 0 Å². The van der Waals surface area contributed by atoms with Gasteiger partial charge < -0.3 is 14.6 Å². The lowest BCUT2D eigenvalue weighted by Crippen LogP contribution is -2.17. The second kappa shape index (κ2) is 7.12. The quantitative estimate of drug-likeness (QED) is 0.769. The number of methoxy groups -OCH3 is 1. The van der Waals surface area contributed by atoms with E-state index in [0.717, 1.165) is 31.7 Å². The number of unbranched alkanes of at least 4 members (excludes halogenated alkanes) is 1. The first-order valence-corrected chi connectivity index (χ1v) is 5.98. The van der Waals surface area contributed by atoms with Crippen LogP contribution in [0.2, 0.25) is 10.4 Å². The molecule has 4 nitrogen and oxygen atoms in total. The standard InChI is InChI=1S/C10H17Cl2N3O/c1-15-8(9(11)14-10(15)12)7-13-5-3-4-6-16-2/h13H,3-7H2,1-2H3. The van der Waals surface area contributed by atoms with Gasteiger partial charge in [0.05, 0.1) is 5.69 Å². The third-order valence-corrected chi connectivity index (χ3v) is 3.00. The molecule has 0 fully saturated rings. The predicted octanol–water partition coefficient (Wildman–Crippen LogP) is 2.24. The lowest BCUT2D eigenvalue weighted by Gasteiger charge is -2.06. The number of hydrogen-bond donors (Lipinski definition) is 1. The summed E-state index contributed by atoms with van der Waals surface area (Å²) in [6.07, 6.45) is 2.14. The number of halogens is 2. The van der Waals surface area contributed by atoms with Gasteiger partial charge in [0.2, 0.25) is 5.28 Å². The Morgan fingerprint density at radius 1 is 1.38 bits per heavy atom. The molecule has 6 heteroatoms. The van der Waals surface area contributed by atoms with Crippen molar-refractivity contribution in [2.45, 2.75) is 19.4 Å². The van der Waals surface area contributed by atoms with E-state index in [-0.39, 0.29) is 0 Å². The molecule has 1 aromatic heterocycles. The van der Waals surface area contributed by atoms with Crippen molar-refractivity contribution in [3.8, 4) is 0 Å². The van der Waals surface area contributed by atoms with Crippen LogP contribution < -0.4 is 5.32 Å². The van der Waals surface area contributed by atoms with E-state index < -0.39 is 0 Å². The van der Waals surface area contributed by atoms with Gasteiger partial charge >= 0.3 is 0 Å². The summed E-state index contributed by atoms with van der Waals surface area (Å²) in [5, 5.41) is 4.18. The van der Waals surface area contributed by atoms with Gasteiger partial charge in [-0.1, -0.05) is 11.6 Å². The van der Waals surface area contributed by atoms with Crippen LogP contribution in [-0.4, -0.2) is 29.8 Å². The van der Waals surface area contributed by atoms with E-state index in [1.54, 1.807) is 11.7 Å². The Hall–Kier alpha value is -0.290. The molecule has 0 saturated heterocycles. The van der Waals surface area contributed by atoms with Crippen LogP contribution in [0, 0.1) is 0 Å². The summed E-state index contributed by atoms with van der Waals surface area (Å²) < 4.78 is 6.75. The van der Waals surface area contributed by atoms with Crippen LogP contribution in [0.5, 0.6) is 0 Å². The highest BCUT2D eigenvalue weighted by atomic mass is 35.5. The molecule has 0 radical (unpaired) electrons. The molecule has 0 atom stereocenters. The van der Waals surface area contributed by atoms with Gasteiger partial charge in [-0.3, -0.25) is 0 Å². The van der Waals surface area contributed by atoms with Gasteiger partial charge in [0.1, 0.15) is 0 Å². The number of ether oxygens (including phenoxy) is 1. The van der Waals surface area contributed by atoms with Crippen molar-refractivity contribution >= 4 is 23.2 Å². The molecule has 1 heterocycles. The van der Waals surface area contributed by atoms with Crippen molar-refractivity contribution in [2.24, 2.45) is 7.05 Å². The monoisotopic (exact) mass is 265 g/mol. The van der Waals surface area contributed by atoms with Gasteiger partial charge in [0.15, 0.2) is 5.15 Å². The first-order chi connectivity index (χ1) is 7.66. The minimum Gasteiger partial charge on any atom is -0.385 e. The highest BCUT2D eigenvalue weighted by Gasteiger charge is 2.10. The fourth-order valence-electron chi connectivity index (χ4n) is 1.36. The maximum Gasteiger partial charge on any atom is 0.204 e. The van der Waals surface area contributed by atoms with Crippen molar-refractivity contribution in [3.63, 3.8) is 0 Å². The van der Waals surface area contributed by atoms with Crippen molar-refractivity contribution in [2.75, 3.05) is 20.3 Å². The SMILES string of the molecule is COCCCCNCc1c(Cl)nc(Cl)n1C. The molecule has 0 spiro atoms. The van der Waals surface area contributed by atoms with E-state index in [2.05, 4.69) is 10.3 Å². The lowest BCUT2D eigenvalue weighted by atomic mass is 10.3. The molecule has 1 N–H and O–H groups in total. The molecule has 16 heavy (non-hydrogen) atoms. The van der Waals surface area contributed by atoms with Crippen LogP contribution >= 0.6 is 23.2 Å². The van der Waals surface area contributed by atoms with Crippen LogP contribution in [0.25, 0.3) is 0 Å². The summed E-state index contributed by atoms with van der Waals surface area (Å²) in [4.78, 5) is 3.97. The van der Waals surface area contributed by atoms with E-state index in [0.29, 0.717) is 17.0 Å². The molecule has 0 aliphatic carbocycles. The largest absolute Gasteiger partial charge is 0.385 e. The Morgan fingerprint density at radius 2 is 2.12 bits per heavy atom. The first kappa shape index (κ1) is 13.8. The van der Waals surface area contributed by atoms with Crippen molar-refractivity contribution in [3.05, 3.63) is 16.1 Å². The second-order valence-corrected chi connectivity index (χ2v) is 4.25. The molecule has 0 saturated carbocycles. The Bertz CT molecular complexity index is 328.